The summed E-state index contributed by atoms with van der Waals surface area (Å²) in [6, 6.07) is 0. The van der Waals surface area contributed by atoms with E-state index >= 15 is 0 Å². The first-order valence-corrected chi connectivity index (χ1v) is 19.7. The van der Waals surface area contributed by atoms with Crippen molar-refractivity contribution < 1.29 is 112 Å². The van der Waals surface area contributed by atoms with Crippen LogP contribution in [0.3, 0.4) is 0 Å². The molecule has 0 rings (SSSR count). The summed E-state index contributed by atoms with van der Waals surface area (Å²) in [5.41, 5.74) is -4.81. The van der Waals surface area contributed by atoms with E-state index in [2.05, 4.69) is 20.8 Å². The molecule has 0 aliphatic heterocycles. The molecule has 0 bridgehead atoms. The fraction of sp³-hybridized carbons (Fsp3) is 1.00. The van der Waals surface area contributed by atoms with E-state index in [-0.39, 0.29) is 99.4 Å². The molecule has 2 radical (unpaired) electrons. The second-order valence-corrected chi connectivity index (χ2v) is 18.2. The molecule has 0 heterocycles. The summed E-state index contributed by atoms with van der Waals surface area (Å²) in [6.45, 7) is 27.4. The van der Waals surface area contributed by atoms with Crippen molar-refractivity contribution in [2.24, 2.45) is 17.8 Å². The van der Waals surface area contributed by atoms with Crippen LogP contribution in [-0.4, -0.2) is 33.6 Å². The van der Waals surface area contributed by atoms with Gasteiger partial charge in [0.15, 0.2) is 0 Å². The Bertz CT molecular complexity index is 634. The third-order valence-electron chi connectivity index (χ3n) is 9.92. The molecule has 8 heteroatoms. The molecule has 0 N–H and O–H groups in total. The maximum Gasteiger partial charge on any atom is 3.00 e. The van der Waals surface area contributed by atoms with E-state index in [0.29, 0.717) is 0 Å². The quantitative estimate of drug-likeness (QED) is 0.0986. The maximum absolute atomic E-state index is 11.8. The van der Waals surface area contributed by atoms with Gasteiger partial charge in [0.2, 0.25) is 0 Å². The van der Waals surface area contributed by atoms with Gasteiger partial charge in [0.25, 0.3) is 0 Å². The summed E-state index contributed by atoms with van der Waals surface area (Å²) in [5.74, 6) is 0.813. The van der Waals surface area contributed by atoms with Gasteiger partial charge in [-0.2, -0.15) is 0 Å². The molecule has 0 aromatic carbocycles. The minimum atomic E-state index is -0.813. The molecule has 296 valence electrons. The van der Waals surface area contributed by atoms with Crippen molar-refractivity contribution in [1.82, 2.24) is 0 Å². The van der Waals surface area contributed by atoms with Gasteiger partial charge in [0.1, 0.15) is 0 Å². The van der Waals surface area contributed by atoms with E-state index < -0.39 is 33.6 Å². The van der Waals surface area contributed by atoms with Gasteiger partial charge in [-0.3, -0.25) is 0 Å². The van der Waals surface area contributed by atoms with E-state index in [1.807, 2.05) is 0 Å². The van der Waals surface area contributed by atoms with E-state index in [0.717, 1.165) is 116 Å². The smallest absolute Gasteiger partial charge is 0.850 e. The summed E-state index contributed by atoms with van der Waals surface area (Å²) < 4.78 is 0. The molecule has 0 aliphatic rings. The molecule has 0 spiro atoms. The maximum atomic E-state index is 11.8. The topological polar surface area (TPSA) is 138 Å². The summed E-state index contributed by atoms with van der Waals surface area (Å²) >= 11 is 0. The molecule has 0 aromatic rings. The van der Waals surface area contributed by atoms with Crippen molar-refractivity contribution in [3.63, 3.8) is 0 Å². The number of hydrogen-bond donors (Lipinski definition) is 0. The summed E-state index contributed by atoms with van der Waals surface area (Å²) in [5, 5.41) is 69.5. The predicted octanol–water partition coefficient (Wildman–Crippen LogP) is 6.72. The molecule has 0 amide bonds. The van der Waals surface area contributed by atoms with Gasteiger partial charge in [-0.1, -0.05) is 237 Å². The van der Waals surface area contributed by atoms with Crippen LogP contribution in [0.25, 0.3) is 0 Å². The third kappa shape index (κ3) is 43.2. The van der Waals surface area contributed by atoms with Gasteiger partial charge in [-0.15, -0.1) is 33.6 Å². The summed E-state index contributed by atoms with van der Waals surface area (Å²) in [6.07, 6.45) is 17.6. The first kappa shape index (κ1) is 61.7. The minimum absolute atomic E-state index is 0. The van der Waals surface area contributed by atoms with Crippen LogP contribution in [0.1, 0.15) is 219 Å². The SMILES string of the molecule is CCC(CCCCCC(C)(C)[O-])C(C)(C)[O-].CCC(CCCCCC(C)(C)[O-])C(C)(C)[O-].CCC(CCCCCC(C)(C)[O-])C(C)(C)[O-].[Nd+3].[Nd+3]. The molecule has 6 nitrogen and oxygen atoms in total. The number of hydrogen-bond acceptors (Lipinski definition) is 6. The number of unbranched alkanes of at least 4 members (excludes halogenated alkanes) is 6. The third-order valence-corrected chi connectivity index (χ3v) is 9.92. The normalized spacial score (nSPS) is 14.6. The standard InChI is InChI=1S/3C14H28O2.2Nd/c3*1-6-12(14(4,5)16)10-8-7-9-11-13(2,3)15;;/h3*12H,6-11H2,1-5H3;;/q3*-2;2*+3. The molecule has 3 atom stereocenters. The molecule has 0 aliphatic carbocycles. The Morgan fingerprint density at radius 3 is 0.620 bits per heavy atom. The van der Waals surface area contributed by atoms with E-state index in [4.69, 9.17) is 0 Å². The van der Waals surface area contributed by atoms with Crippen molar-refractivity contribution in [1.29, 1.82) is 0 Å². The molecule has 0 aromatic heterocycles. The average Bonchev–Trinajstić information content (AvgIpc) is 2.87. The van der Waals surface area contributed by atoms with Crippen LogP contribution in [0.2, 0.25) is 0 Å². The van der Waals surface area contributed by atoms with Gasteiger partial charge in [-0.25, -0.2) is 0 Å². The zero-order valence-corrected chi connectivity index (χ0v) is 42.3. The van der Waals surface area contributed by atoms with Crippen LogP contribution >= 0.6 is 0 Å². The minimum Gasteiger partial charge on any atom is -0.850 e. The zero-order chi connectivity index (χ0) is 38.5. The Hall–Kier alpha value is 2.46. The molecular formula is C42H84Nd2O6. The van der Waals surface area contributed by atoms with Crippen LogP contribution in [0.4, 0.5) is 0 Å². The second-order valence-electron chi connectivity index (χ2n) is 18.2. The molecule has 0 fully saturated rings. The molecule has 0 saturated heterocycles. The van der Waals surface area contributed by atoms with Crippen molar-refractivity contribution >= 4 is 0 Å². The van der Waals surface area contributed by atoms with Crippen molar-refractivity contribution in [3.8, 4) is 0 Å². The predicted molar refractivity (Wildman–Crippen MR) is 195 cm³/mol. The van der Waals surface area contributed by atoms with Crippen molar-refractivity contribution in [2.75, 3.05) is 0 Å². The Kier molecular flexibility index (Phi) is 37.7. The Balaban J connectivity index is -0.000000199. The number of rotatable bonds is 24. The van der Waals surface area contributed by atoms with E-state index in [1.165, 1.54) is 0 Å². The first-order valence-electron chi connectivity index (χ1n) is 19.7. The van der Waals surface area contributed by atoms with Crippen LogP contribution in [-0.2, 0) is 0 Å². The van der Waals surface area contributed by atoms with Crippen LogP contribution < -0.4 is 30.6 Å². The van der Waals surface area contributed by atoms with Crippen LogP contribution in [0, 0.1) is 99.4 Å². The molecule has 50 heavy (non-hydrogen) atoms. The van der Waals surface area contributed by atoms with Gasteiger partial charge >= 0.3 is 81.7 Å². The molecular weight excluding hydrogens is 889 g/mol. The van der Waals surface area contributed by atoms with Gasteiger partial charge in [-0.05, 0) is 0 Å². The largest absolute Gasteiger partial charge is 3.00 e. The fourth-order valence-corrected chi connectivity index (χ4v) is 6.48. The zero-order valence-electron chi connectivity index (χ0n) is 35.9. The van der Waals surface area contributed by atoms with Gasteiger partial charge in [0, 0.05) is 0 Å². The summed E-state index contributed by atoms with van der Waals surface area (Å²) in [7, 11) is 0. The molecule has 0 saturated carbocycles. The van der Waals surface area contributed by atoms with Gasteiger partial charge < -0.3 is 30.6 Å². The summed E-state index contributed by atoms with van der Waals surface area (Å²) in [4.78, 5) is 0. The van der Waals surface area contributed by atoms with E-state index in [1.54, 1.807) is 83.1 Å². The van der Waals surface area contributed by atoms with E-state index in [9.17, 15) is 30.6 Å². The average molecular weight is 974 g/mol. The first-order chi connectivity index (χ1) is 21.5. The molecule has 3 unspecified atom stereocenters. The van der Waals surface area contributed by atoms with Crippen LogP contribution in [0.15, 0.2) is 0 Å². The Morgan fingerprint density at radius 1 is 0.320 bits per heavy atom. The second kappa shape index (κ2) is 30.6. The van der Waals surface area contributed by atoms with Crippen molar-refractivity contribution in [2.45, 2.75) is 253 Å². The monoisotopic (exact) mass is 968 g/mol. The van der Waals surface area contributed by atoms with Crippen LogP contribution in [0.5, 0.6) is 0 Å². The Labute approximate surface area is 379 Å². The van der Waals surface area contributed by atoms with Gasteiger partial charge in [0.05, 0.1) is 0 Å². The fourth-order valence-electron chi connectivity index (χ4n) is 6.48. The Morgan fingerprint density at radius 2 is 0.500 bits per heavy atom. The van der Waals surface area contributed by atoms with Crippen molar-refractivity contribution in [3.05, 3.63) is 0 Å².